The van der Waals surface area contributed by atoms with Gasteiger partial charge in [0.2, 0.25) is 0 Å². The van der Waals surface area contributed by atoms with Crippen LogP contribution in [0, 0.1) is 0 Å². The van der Waals surface area contributed by atoms with Crippen molar-refractivity contribution in [2.24, 2.45) is 0 Å². The minimum Gasteiger partial charge on any atom is -0.494 e. The maximum atomic E-state index is 5.27. The van der Waals surface area contributed by atoms with Crippen LogP contribution in [0.3, 0.4) is 0 Å². The van der Waals surface area contributed by atoms with Crippen LogP contribution in [-0.2, 0) is 13.0 Å². The highest BCUT2D eigenvalue weighted by Gasteiger charge is 2.07. The minimum atomic E-state index is 0.787. The molecule has 0 aliphatic heterocycles. The number of H-pyrrole nitrogens is 1. The molecule has 1 heterocycles. The Bertz CT molecular complexity index is 508. The molecular weight excluding hydrogens is 376 g/mol. The smallest absolute Gasteiger partial charge is 0.147 e. The summed E-state index contributed by atoms with van der Waals surface area (Å²) in [5.74, 6) is 1.70. The summed E-state index contributed by atoms with van der Waals surface area (Å²) < 4.78 is 7.15. The summed E-state index contributed by atoms with van der Waals surface area (Å²) in [6.45, 7) is 1.63. The van der Waals surface area contributed by atoms with Crippen LogP contribution in [0.5, 0.6) is 5.75 Å². The number of methoxy groups -OCH3 is 1. The zero-order chi connectivity index (χ0) is 13.7. The summed E-state index contributed by atoms with van der Waals surface area (Å²) in [6.07, 6.45) is 2.35. The Morgan fingerprint density at radius 2 is 2.05 bits per heavy atom. The molecule has 0 saturated heterocycles. The lowest BCUT2D eigenvalue weighted by molar-refractivity contribution is 0.409. The van der Waals surface area contributed by atoms with Crippen molar-refractivity contribution in [3.8, 4) is 5.75 Å². The van der Waals surface area contributed by atoms with Crippen molar-refractivity contribution in [2.75, 3.05) is 13.7 Å². The predicted octanol–water partition coefficient (Wildman–Crippen LogP) is 2.67. The monoisotopic (exact) mass is 388 g/mol. The van der Waals surface area contributed by atoms with E-state index in [1.54, 1.807) is 7.11 Å². The lowest BCUT2D eigenvalue weighted by Crippen LogP contribution is -2.17. The van der Waals surface area contributed by atoms with E-state index in [0.29, 0.717) is 0 Å². The van der Waals surface area contributed by atoms with E-state index in [1.807, 2.05) is 12.1 Å². The summed E-state index contributed by atoms with van der Waals surface area (Å²) in [5.41, 5.74) is 1.18. The Morgan fingerprint density at radius 1 is 1.32 bits per heavy atom. The molecule has 2 rings (SSSR count). The predicted molar refractivity (Wildman–Crippen MR) is 80.2 cm³/mol. The fraction of sp³-hybridized carbons (Fsp3) is 0.333. The molecule has 0 bridgehead atoms. The molecular formula is C12H14Br2N4O. The standard InChI is InChI=1S/C12H14Br2N4O/c1-19-12-9(13)4-8(5-10(12)14)6-15-3-2-11-16-7-17-18-11/h4-5,7,15H,2-3,6H2,1H3,(H,16,17,18). The summed E-state index contributed by atoms with van der Waals surface area (Å²) in [7, 11) is 1.65. The van der Waals surface area contributed by atoms with Crippen molar-refractivity contribution >= 4 is 31.9 Å². The molecule has 102 valence electrons. The zero-order valence-corrected chi connectivity index (χ0v) is 13.6. The van der Waals surface area contributed by atoms with Crippen molar-refractivity contribution < 1.29 is 4.74 Å². The van der Waals surface area contributed by atoms with E-state index in [1.165, 1.54) is 11.9 Å². The Balaban J connectivity index is 1.86. The van der Waals surface area contributed by atoms with Crippen molar-refractivity contribution in [1.82, 2.24) is 20.5 Å². The normalized spacial score (nSPS) is 10.7. The van der Waals surface area contributed by atoms with Gasteiger partial charge in [-0.25, -0.2) is 4.98 Å². The molecule has 0 radical (unpaired) electrons. The lowest BCUT2D eigenvalue weighted by atomic mass is 10.2. The van der Waals surface area contributed by atoms with Gasteiger partial charge in [0.05, 0.1) is 16.1 Å². The van der Waals surface area contributed by atoms with Gasteiger partial charge in [0.15, 0.2) is 0 Å². The first-order valence-corrected chi connectivity index (χ1v) is 7.36. The first kappa shape index (κ1) is 14.5. The number of aromatic amines is 1. The average Bonchev–Trinajstić information content (AvgIpc) is 2.87. The van der Waals surface area contributed by atoms with Gasteiger partial charge in [-0.2, -0.15) is 5.10 Å². The molecule has 1 aromatic carbocycles. The van der Waals surface area contributed by atoms with E-state index >= 15 is 0 Å². The molecule has 7 heteroatoms. The van der Waals surface area contributed by atoms with E-state index in [4.69, 9.17) is 4.74 Å². The Morgan fingerprint density at radius 3 is 2.63 bits per heavy atom. The molecule has 0 spiro atoms. The lowest BCUT2D eigenvalue weighted by Gasteiger charge is -2.10. The van der Waals surface area contributed by atoms with Gasteiger partial charge in [0, 0.05) is 19.5 Å². The maximum Gasteiger partial charge on any atom is 0.147 e. The van der Waals surface area contributed by atoms with Crippen LogP contribution in [-0.4, -0.2) is 28.8 Å². The molecule has 1 aromatic heterocycles. The van der Waals surface area contributed by atoms with Gasteiger partial charge in [-0.15, -0.1) is 0 Å². The number of aromatic nitrogens is 3. The third-order valence-corrected chi connectivity index (χ3v) is 3.77. The number of ether oxygens (including phenoxy) is 1. The molecule has 2 aromatic rings. The second-order valence-corrected chi connectivity index (χ2v) is 5.66. The number of benzene rings is 1. The van der Waals surface area contributed by atoms with Gasteiger partial charge in [0.25, 0.3) is 0 Å². The topological polar surface area (TPSA) is 62.8 Å². The summed E-state index contributed by atoms with van der Waals surface area (Å²) >= 11 is 6.99. The first-order chi connectivity index (χ1) is 9.20. The molecule has 0 saturated carbocycles. The van der Waals surface area contributed by atoms with Gasteiger partial charge in [-0.1, -0.05) is 0 Å². The van der Waals surface area contributed by atoms with Crippen LogP contribution in [0.4, 0.5) is 0 Å². The second-order valence-electron chi connectivity index (χ2n) is 3.95. The van der Waals surface area contributed by atoms with Crippen LogP contribution in [0.2, 0.25) is 0 Å². The maximum absolute atomic E-state index is 5.27. The third-order valence-electron chi connectivity index (χ3n) is 2.59. The molecule has 0 atom stereocenters. The molecule has 19 heavy (non-hydrogen) atoms. The highest BCUT2D eigenvalue weighted by atomic mass is 79.9. The number of hydrogen-bond donors (Lipinski definition) is 2. The Labute approximate surface area is 128 Å². The van der Waals surface area contributed by atoms with Crippen LogP contribution in [0.25, 0.3) is 0 Å². The number of nitrogens with one attached hydrogen (secondary N) is 2. The number of halogens is 2. The van der Waals surface area contributed by atoms with Crippen molar-refractivity contribution in [3.05, 3.63) is 38.8 Å². The van der Waals surface area contributed by atoms with E-state index in [2.05, 4.69) is 52.4 Å². The van der Waals surface area contributed by atoms with Gasteiger partial charge in [-0.3, -0.25) is 5.10 Å². The fourth-order valence-electron chi connectivity index (χ4n) is 1.70. The van der Waals surface area contributed by atoms with E-state index < -0.39 is 0 Å². The number of hydrogen-bond acceptors (Lipinski definition) is 4. The highest BCUT2D eigenvalue weighted by Crippen LogP contribution is 2.34. The SMILES string of the molecule is COc1c(Br)cc(CNCCc2ncn[nH]2)cc1Br. The van der Waals surface area contributed by atoms with Crippen LogP contribution >= 0.6 is 31.9 Å². The molecule has 0 fully saturated rings. The zero-order valence-electron chi connectivity index (χ0n) is 10.4. The van der Waals surface area contributed by atoms with Crippen molar-refractivity contribution in [2.45, 2.75) is 13.0 Å². The van der Waals surface area contributed by atoms with Crippen LogP contribution < -0.4 is 10.1 Å². The summed E-state index contributed by atoms with van der Waals surface area (Å²) in [4.78, 5) is 4.07. The molecule has 0 aliphatic carbocycles. The Hall–Kier alpha value is -0.920. The molecule has 0 unspecified atom stereocenters. The summed E-state index contributed by atoms with van der Waals surface area (Å²) in [6, 6.07) is 4.09. The summed E-state index contributed by atoms with van der Waals surface area (Å²) in [5, 5.41) is 10.0. The third kappa shape index (κ3) is 4.02. The molecule has 0 aliphatic rings. The Kier molecular flexibility index (Phi) is 5.35. The van der Waals surface area contributed by atoms with Crippen LogP contribution in [0.1, 0.15) is 11.4 Å². The largest absolute Gasteiger partial charge is 0.494 e. The molecule has 2 N–H and O–H groups in total. The number of rotatable bonds is 6. The van der Waals surface area contributed by atoms with Gasteiger partial charge < -0.3 is 10.1 Å². The number of nitrogens with zero attached hydrogens (tertiary/aromatic N) is 2. The quantitative estimate of drug-likeness (QED) is 0.745. The van der Waals surface area contributed by atoms with E-state index in [9.17, 15) is 0 Å². The van der Waals surface area contributed by atoms with Crippen molar-refractivity contribution in [1.29, 1.82) is 0 Å². The van der Waals surface area contributed by atoms with Gasteiger partial charge >= 0.3 is 0 Å². The average molecular weight is 390 g/mol. The van der Waals surface area contributed by atoms with Crippen molar-refractivity contribution in [3.63, 3.8) is 0 Å². The van der Waals surface area contributed by atoms with E-state index in [-0.39, 0.29) is 0 Å². The van der Waals surface area contributed by atoms with Gasteiger partial charge in [-0.05, 0) is 49.6 Å². The molecule has 0 amide bonds. The van der Waals surface area contributed by atoms with Gasteiger partial charge in [0.1, 0.15) is 17.9 Å². The minimum absolute atomic E-state index is 0.787. The first-order valence-electron chi connectivity index (χ1n) is 5.77. The second kappa shape index (κ2) is 7.02. The fourth-order valence-corrected chi connectivity index (χ4v) is 3.31. The molecule has 5 nitrogen and oxygen atoms in total. The highest BCUT2D eigenvalue weighted by molar-refractivity contribution is 9.11. The van der Waals surface area contributed by atoms with Crippen LogP contribution in [0.15, 0.2) is 27.4 Å². The van der Waals surface area contributed by atoms with E-state index in [0.717, 1.165) is 40.0 Å².